The number of unbranched alkanes of at least 4 members (excludes halogenated alkanes) is 1. The summed E-state index contributed by atoms with van der Waals surface area (Å²) >= 11 is 0. The van der Waals surface area contributed by atoms with Crippen molar-refractivity contribution in [3.63, 3.8) is 0 Å². The Labute approximate surface area is 103 Å². The first-order valence-electron chi connectivity index (χ1n) is 6.38. The average molecular weight is 247 g/mol. The van der Waals surface area contributed by atoms with Crippen LogP contribution in [0.5, 0.6) is 0 Å². The maximum Gasteiger partial charge on any atom is 0.0752 e. The van der Waals surface area contributed by atoms with Gasteiger partial charge in [-0.1, -0.05) is 0 Å². The van der Waals surface area contributed by atoms with Gasteiger partial charge in [0, 0.05) is 26.1 Å². The van der Waals surface area contributed by atoms with Gasteiger partial charge in [0.2, 0.25) is 0 Å². The molecule has 0 aliphatic heterocycles. The van der Waals surface area contributed by atoms with Crippen molar-refractivity contribution in [2.24, 2.45) is 11.0 Å². The van der Waals surface area contributed by atoms with Gasteiger partial charge in [-0.05, 0) is 32.4 Å². The smallest absolute Gasteiger partial charge is 0.0752 e. The van der Waals surface area contributed by atoms with Crippen LogP contribution in [-0.2, 0) is 0 Å². The van der Waals surface area contributed by atoms with Crippen LogP contribution in [0, 0.1) is 4.91 Å². The van der Waals surface area contributed by atoms with E-state index in [2.05, 4.69) is 21.9 Å². The lowest BCUT2D eigenvalue weighted by atomic mass is 10.3. The second-order valence-electron chi connectivity index (χ2n) is 3.98. The molecule has 0 saturated carbocycles. The summed E-state index contributed by atoms with van der Waals surface area (Å²) in [5.74, 6) is 0. The maximum absolute atomic E-state index is 10.1. The van der Waals surface area contributed by atoms with Gasteiger partial charge in [-0.15, -0.1) is 4.91 Å². The molecule has 0 aromatic heterocycles. The van der Waals surface area contributed by atoms with Crippen LogP contribution in [0.4, 0.5) is 0 Å². The molecule has 0 radical (unpaired) electrons. The van der Waals surface area contributed by atoms with Crippen LogP contribution in [0.1, 0.15) is 25.7 Å². The van der Waals surface area contributed by atoms with Gasteiger partial charge in [0.25, 0.3) is 0 Å². The number of hydrazine groups is 1. The minimum absolute atomic E-state index is 0.629. The molecule has 0 amide bonds. The van der Waals surface area contributed by atoms with E-state index in [-0.39, 0.29) is 0 Å². The van der Waals surface area contributed by atoms with Crippen molar-refractivity contribution < 1.29 is 5.73 Å². The van der Waals surface area contributed by atoms with Crippen molar-refractivity contribution in [2.75, 3.05) is 39.3 Å². The third kappa shape index (κ3) is 11.5. The molecule has 0 atom stereocenters. The van der Waals surface area contributed by atoms with Gasteiger partial charge in [-0.2, -0.15) is 0 Å². The van der Waals surface area contributed by atoms with Crippen molar-refractivity contribution in [3.8, 4) is 0 Å². The second-order valence-corrected chi connectivity index (χ2v) is 3.98. The minimum atomic E-state index is 0.629. The molecule has 0 spiro atoms. The highest BCUT2D eigenvalue weighted by molar-refractivity contribution is 4.54. The fourth-order valence-corrected chi connectivity index (χ4v) is 1.48. The SMILES string of the molecule is NCCCN(CCCCNCCC[NH3+])NN=O. The van der Waals surface area contributed by atoms with Crippen molar-refractivity contribution >= 4 is 0 Å². The predicted molar refractivity (Wildman–Crippen MR) is 68.7 cm³/mol. The predicted octanol–water partition coefficient (Wildman–Crippen LogP) is -1.17. The van der Waals surface area contributed by atoms with E-state index < -0.39 is 0 Å². The number of nitrogens with zero attached hydrogens (tertiary/aromatic N) is 2. The van der Waals surface area contributed by atoms with Crippen LogP contribution in [0.15, 0.2) is 5.29 Å². The molecule has 7 nitrogen and oxygen atoms in total. The first-order valence-corrected chi connectivity index (χ1v) is 6.38. The standard InChI is InChI=1S/C10H26N6O/c11-5-3-8-13-7-1-2-9-16(14-15-17)10-4-6-12/h13H,1-12H2,(H,14,17)/p+1. The molecule has 0 bridgehead atoms. The maximum atomic E-state index is 10.1. The monoisotopic (exact) mass is 247 g/mol. The highest BCUT2D eigenvalue weighted by Crippen LogP contribution is 1.93. The summed E-state index contributed by atoms with van der Waals surface area (Å²) in [6.07, 6.45) is 4.12. The van der Waals surface area contributed by atoms with E-state index in [4.69, 9.17) is 5.73 Å². The lowest BCUT2D eigenvalue weighted by Gasteiger charge is -2.18. The molecule has 0 aromatic carbocycles. The zero-order valence-electron chi connectivity index (χ0n) is 10.7. The van der Waals surface area contributed by atoms with Crippen LogP contribution in [0.25, 0.3) is 0 Å². The zero-order valence-corrected chi connectivity index (χ0v) is 10.7. The molecule has 0 aliphatic rings. The van der Waals surface area contributed by atoms with E-state index in [9.17, 15) is 4.91 Å². The van der Waals surface area contributed by atoms with Gasteiger partial charge in [0.05, 0.1) is 11.8 Å². The number of quaternary nitrogens is 1. The van der Waals surface area contributed by atoms with Gasteiger partial charge in [-0.3, -0.25) is 0 Å². The summed E-state index contributed by atoms with van der Waals surface area (Å²) in [5, 5.41) is 7.86. The summed E-state index contributed by atoms with van der Waals surface area (Å²) in [4.78, 5) is 10.1. The number of nitroso groups, excluding NO2 is 1. The van der Waals surface area contributed by atoms with E-state index >= 15 is 0 Å². The zero-order chi connectivity index (χ0) is 12.8. The summed E-state index contributed by atoms with van der Waals surface area (Å²) in [6, 6.07) is 0. The summed E-state index contributed by atoms with van der Waals surface area (Å²) in [5.41, 5.74) is 11.7. The largest absolute Gasteiger partial charge is 0.358 e. The molecule has 0 aromatic rings. The van der Waals surface area contributed by atoms with Crippen molar-refractivity contribution in [1.29, 1.82) is 0 Å². The van der Waals surface area contributed by atoms with Gasteiger partial charge in [0.1, 0.15) is 0 Å². The molecule has 0 heterocycles. The van der Waals surface area contributed by atoms with E-state index in [1.807, 2.05) is 5.01 Å². The second kappa shape index (κ2) is 13.3. The van der Waals surface area contributed by atoms with Crippen LogP contribution in [0.3, 0.4) is 0 Å². The Morgan fingerprint density at radius 2 is 1.82 bits per heavy atom. The molecule has 0 unspecified atom stereocenters. The van der Waals surface area contributed by atoms with Crippen LogP contribution in [0.2, 0.25) is 0 Å². The molecule has 0 saturated heterocycles. The molecule has 7 N–H and O–H groups in total. The molecule has 0 fully saturated rings. The quantitative estimate of drug-likeness (QED) is 0.186. The van der Waals surface area contributed by atoms with Crippen molar-refractivity contribution in [2.45, 2.75) is 25.7 Å². The molecule has 0 rings (SSSR count). The topological polar surface area (TPSA) is 110 Å². The lowest BCUT2D eigenvalue weighted by molar-refractivity contribution is -0.367. The number of hydrogen-bond acceptors (Lipinski definition) is 5. The molecule has 0 aliphatic carbocycles. The Morgan fingerprint density at radius 3 is 2.47 bits per heavy atom. The number of hydrogen-bond donors (Lipinski definition) is 4. The Kier molecular flexibility index (Phi) is 12.7. The van der Waals surface area contributed by atoms with Gasteiger partial charge in [0.15, 0.2) is 0 Å². The fourth-order valence-electron chi connectivity index (χ4n) is 1.48. The fraction of sp³-hybridized carbons (Fsp3) is 1.00. The molecule has 7 heteroatoms. The normalized spacial score (nSPS) is 10.8. The molecule has 17 heavy (non-hydrogen) atoms. The van der Waals surface area contributed by atoms with Gasteiger partial charge in [-0.25, -0.2) is 10.5 Å². The Bertz CT molecular complexity index is 169. The first-order chi connectivity index (χ1) is 8.35. The van der Waals surface area contributed by atoms with Crippen LogP contribution >= 0.6 is 0 Å². The molecular weight excluding hydrogens is 220 g/mol. The summed E-state index contributed by atoms with van der Waals surface area (Å²) in [6.45, 7) is 5.24. The first kappa shape index (κ1) is 16.2. The van der Waals surface area contributed by atoms with E-state index in [0.29, 0.717) is 6.54 Å². The Morgan fingerprint density at radius 1 is 1.12 bits per heavy atom. The van der Waals surface area contributed by atoms with Crippen molar-refractivity contribution in [1.82, 2.24) is 15.9 Å². The molecule has 102 valence electrons. The summed E-state index contributed by atoms with van der Waals surface area (Å²) < 4.78 is 0. The van der Waals surface area contributed by atoms with Crippen LogP contribution in [-0.4, -0.2) is 44.3 Å². The summed E-state index contributed by atoms with van der Waals surface area (Å²) in [7, 11) is 0. The molecular formula is C10H27N6O+. The number of rotatable bonds is 13. The number of nitrogens with one attached hydrogen (secondary N) is 2. The van der Waals surface area contributed by atoms with E-state index in [1.54, 1.807) is 0 Å². The van der Waals surface area contributed by atoms with E-state index in [0.717, 1.165) is 58.4 Å². The third-order valence-electron chi connectivity index (χ3n) is 2.45. The van der Waals surface area contributed by atoms with Gasteiger partial charge >= 0.3 is 0 Å². The highest BCUT2D eigenvalue weighted by Gasteiger charge is 2.02. The minimum Gasteiger partial charge on any atom is -0.358 e. The Hall–Kier alpha value is -0.760. The van der Waals surface area contributed by atoms with Gasteiger partial charge < -0.3 is 16.8 Å². The third-order valence-corrected chi connectivity index (χ3v) is 2.45. The van der Waals surface area contributed by atoms with Crippen molar-refractivity contribution in [3.05, 3.63) is 4.91 Å². The van der Waals surface area contributed by atoms with Crippen LogP contribution < -0.4 is 22.3 Å². The lowest BCUT2D eigenvalue weighted by Crippen LogP contribution is -2.51. The average Bonchev–Trinajstić information content (AvgIpc) is 2.34. The van der Waals surface area contributed by atoms with E-state index in [1.165, 1.54) is 0 Å². The highest BCUT2D eigenvalue weighted by atomic mass is 16.3. The Balaban J connectivity index is 3.36. The number of nitrogens with two attached hydrogens (primary N) is 1.